The lowest BCUT2D eigenvalue weighted by molar-refractivity contribution is 0.233. The van der Waals surface area contributed by atoms with Gasteiger partial charge in [0.05, 0.1) is 13.2 Å². The zero-order valence-corrected chi connectivity index (χ0v) is 6.54. The van der Waals surface area contributed by atoms with Crippen LogP contribution in [0.3, 0.4) is 0 Å². The molecule has 58 valence electrons. The van der Waals surface area contributed by atoms with Crippen molar-refractivity contribution >= 4 is 0 Å². The summed E-state index contributed by atoms with van der Waals surface area (Å²) >= 11 is 0. The second-order valence-electron chi connectivity index (χ2n) is 1.77. The van der Waals surface area contributed by atoms with Crippen LogP contribution in [0.1, 0.15) is 0 Å². The third-order valence-electron chi connectivity index (χ3n) is 0.909. The van der Waals surface area contributed by atoms with Gasteiger partial charge in [-0.25, -0.2) is 0 Å². The molecule has 0 bridgehead atoms. The predicted octanol–water partition coefficient (Wildman–Crippen LogP) is 1.39. The molecule has 10 heavy (non-hydrogen) atoms. The number of methoxy groups -OCH3 is 2. The summed E-state index contributed by atoms with van der Waals surface area (Å²) in [5.74, 6) is 0. The largest absolute Gasteiger partial charge is 0.381 e. The lowest BCUT2D eigenvalue weighted by Gasteiger charge is -1.85. The zero-order chi connectivity index (χ0) is 7.66. The standard InChI is InChI=1S/C8H14O2/c1-9-7-5-3-4-6-8-10-2/h3-6H,7-8H2,1-2H3. The van der Waals surface area contributed by atoms with E-state index in [2.05, 4.69) is 0 Å². The Labute approximate surface area is 62.1 Å². The fraction of sp³-hybridized carbons (Fsp3) is 0.500. The maximum Gasteiger partial charge on any atom is 0.0646 e. The van der Waals surface area contributed by atoms with Crippen LogP contribution >= 0.6 is 0 Å². The molecule has 0 saturated carbocycles. The Morgan fingerprint density at radius 3 is 1.60 bits per heavy atom. The smallest absolute Gasteiger partial charge is 0.0646 e. The highest BCUT2D eigenvalue weighted by Gasteiger charge is 1.69. The molecule has 0 amide bonds. The van der Waals surface area contributed by atoms with Crippen LogP contribution < -0.4 is 0 Å². The molecule has 0 heterocycles. The minimum absolute atomic E-state index is 0.664. The minimum Gasteiger partial charge on any atom is -0.381 e. The van der Waals surface area contributed by atoms with Crippen molar-refractivity contribution in [1.82, 2.24) is 0 Å². The van der Waals surface area contributed by atoms with Gasteiger partial charge in [0, 0.05) is 14.2 Å². The van der Waals surface area contributed by atoms with E-state index in [0.717, 1.165) is 0 Å². The van der Waals surface area contributed by atoms with Crippen LogP contribution in [-0.4, -0.2) is 27.4 Å². The van der Waals surface area contributed by atoms with Gasteiger partial charge in [-0.15, -0.1) is 0 Å². The van der Waals surface area contributed by atoms with E-state index in [4.69, 9.17) is 9.47 Å². The van der Waals surface area contributed by atoms with Gasteiger partial charge < -0.3 is 9.47 Å². The highest BCUT2D eigenvalue weighted by atomic mass is 16.5. The maximum atomic E-state index is 4.80. The Hall–Kier alpha value is -0.600. The van der Waals surface area contributed by atoms with Crippen molar-refractivity contribution in [3.63, 3.8) is 0 Å². The van der Waals surface area contributed by atoms with Gasteiger partial charge in [-0.2, -0.15) is 0 Å². The van der Waals surface area contributed by atoms with E-state index in [1.807, 2.05) is 24.3 Å². The molecule has 0 unspecified atom stereocenters. The van der Waals surface area contributed by atoms with Gasteiger partial charge in [0.2, 0.25) is 0 Å². The SMILES string of the molecule is COCC=CC=CCOC. The van der Waals surface area contributed by atoms with Crippen LogP contribution in [-0.2, 0) is 9.47 Å². The molecule has 0 aliphatic heterocycles. The molecule has 0 spiro atoms. The van der Waals surface area contributed by atoms with Crippen molar-refractivity contribution in [3.05, 3.63) is 24.3 Å². The van der Waals surface area contributed by atoms with Crippen LogP contribution in [0, 0.1) is 0 Å². The molecule has 0 atom stereocenters. The second kappa shape index (κ2) is 8.40. The average molecular weight is 142 g/mol. The van der Waals surface area contributed by atoms with Gasteiger partial charge in [-0.05, 0) is 0 Å². The summed E-state index contributed by atoms with van der Waals surface area (Å²) < 4.78 is 9.59. The molecule has 0 rings (SSSR count). The lowest BCUT2D eigenvalue weighted by atomic mass is 10.4. The first kappa shape index (κ1) is 9.40. The number of ether oxygens (including phenoxy) is 2. The Kier molecular flexibility index (Phi) is 7.90. The molecule has 0 saturated heterocycles. The monoisotopic (exact) mass is 142 g/mol. The number of hydrogen-bond acceptors (Lipinski definition) is 2. The van der Waals surface area contributed by atoms with Crippen molar-refractivity contribution in [2.45, 2.75) is 0 Å². The van der Waals surface area contributed by atoms with E-state index in [9.17, 15) is 0 Å². The predicted molar refractivity (Wildman–Crippen MR) is 42.0 cm³/mol. The van der Waals surface area contributed by atoms with Crippen LogP contribution in [0.4, 0.5) is 0 Å². The van der Waals surface area contributed by atoms with Gasteiger partial charge in [0.1, 0.15) is 0 Å². The summed E-state index contributed by atoms with van der Waals surface area (Å²) in [5.41, 5.74) is 0. The molecule has 0 aromatic rings. The highest BCUT2D eigenvalue weighted by molar-refractivity contribution is 5.02. The van der Waals surface area contributed by atoms with Crippen molar-refractivity contribution in [2.24, 2.45) is 0 Å². The van der Waals surface area contributed by atoms with Crippen LogP contribution in [0.15, 0.2) is 24.3 Å². The third kappa shape index (κ3) is 7.40. The van der Waals surface area contributed by atoms with E-state index in [0.29, 0.717) is 13.2 Å². The second-order valence-corrected chi connectivity index (χ2v) is 1.77. The normalized spacial score (nSPS) is 11.8. The highest BCUT2D eigenvalue weighted by Crippen LogP contribution is 1.78. The maximum absolute atomic E-state index is 4.80. The topological polar surface area (TPSA) is 18.5 Å². The number of allylic oxidation sites excluding steroid dienone is 2. The molecule has 0 aliphatic carbocycles. The first-order valence-electron chi connectivity index (χ1n) is 3.21. The summed E-state index contributed by atoms with van der Waals surface area (Å²) in [6, 6.07) is 0. The van der Waals surface area contributed by atoms with Crippen LogP contribution in [0.2, 0.25) is 0 Å². The molecule has 0 fully saturated rings. The van der Waals surface area contributed by atoms with Crippen LogP contribution in [0.5, 0.6) is 0 Å². The van der Waals surface area contributed by atoms with Crippen molar-refractivity contribution < 1.29 is 9.47 Å². The molecule has 2 heteroatoms. The van der Waals surface area contributed by atoms with E-state index >= 15 is 0 Å². The summed E-state index contributed by atoms with van der Waals surface area (Å²) in [5, 5.41) is 0. The lowest BCUT2D eigenvalue weighted by Crippen LogP contribution is -1.80. The Morgan fingerprint density at radius 1 is 0.900 bits per heavy atom. The number of hydrogen-bond donors (Lipinski definition) is 0. The van der Waals surface area contributed by atoms with E-state index in [1.54, 1.807) is 14.2 Å². The van der Waals surface area contributed by atoms with E-state index < -0.39 is 0 Å². The molecular formula is C8H14O2. The fourth-order valence-corrected chi connectivity index (χ4v) is 0.461. The third-order valence-corrected chi connectivity index (χ3v) is 0.909. The molecular weight excluding hydrogens is 128 g/mol. The average Bonchev–Trinajstić information content (AvgIpc) is 1.97. The molecule has 2 nitrogen and oxygen atoms in total. The summed E-state index contributed by atoms with van der Waals surface area (Å²) in [4.78, 5) is 0. The molecule has 0 aromatic heterocycles. The molecule has 0 radical (unpaired) electrons. The first-order valence-corrected chi connectivity index (χ1v) is 3.21. The quantitative estimate of drug-likeness (QED) is 0.540. The molecule has 0 aromatic carbocycles. The Balaban J connectivity index is 3.15. The Bertz CT molecular complexity index is 91.8. The van der Waals surface area contributed by atoms with E-state index in [1.165, 1.54) is 0 Å². The summed E-state index contributed by atoms with van der Waals surface area (Å²) in [6.07, 6.45) is 7.74. The summed E-state index contributed by atoms with van der Waals surface area (Å²) in [7, 11) is 3.34. The zero-order valence-electron chi connectivity index (χ0n) is 6.54. The molecule has 0 N–H and O–H groups in total. The number of rotatable bonds is 5. The van der Waals surface area contributed by atoms with E-state index in [-0.39, 0.29) is 0 Å². The van der Waals surface area contributed by atoms with Gasteiger partial charge in [0.15, 0.2) is 0 Å². The molecule has 0 aliphatic rings. The minimum atomic E-state index is 0.664. The first-order chi connectivity index (χ1) is 4.91. The van der Waals surface area contributed by atoms with Crippen molar-refractivity contribution in [2.75, 3.05) is 27.4 Å². The van der Waals surface area contributed by atoms with Gasteiger partial charge in [-0.3, -0.25) is 0 Å². The van der Waals surface area contributed by atoms with Gasteiger partial charge in [0.25, 0.3) is 0 Å². The van der Waals surface area contributed by atoms with Gasteiger partial charge >= 0.3 is 0 Å². The van der Waals surface area contributed by atoms with Gasteiger partial charge in [-0.1, -0.05) is 24.3 Å². The Morgan fingerprint density at radius 2 is 1.30 bits per heavy atom. The van der Waals surface area contributed by atoms with Crippen molar-refractivity contribution in [1.29, 1.82) is 0 Å². The van der Waals surface area contributed by atoms with Crippen molar-refractivity contribution in [3.8, 4) is 0 Å². The summed E-state index contributed by atoms with van der Waals surface area (Å²) in [6.45, 7) is 1.33. The fourth-order valence-electron chi connectivity index (χ4n) is 0.461. The van der Waals surface area contributed by atoms with Crippen LogP contribution in [0.25, 0.3) is 0 Å².